The highest BCUT2D eigenvalue weighted by molar-refractivity contribution is 7.91. The van der Waals surface area contributed by atoms with Gasteiger partial charge < -0.3 is 10.1 Å². The summed E-state index contributed by atoms with van der Waals surface area (Å²) in [6, 6.07) is 8.11. The summed E-state index contributed by atoms with van der Waals surface area (Å²) in [6.07, 6.45) is 0.236. The van der Waals surface area contributed by atoms with Gasteiger partial charge in [0.05, 0.1) is 17.3 Å². The van der Waals surface area contributed by atoms with Gasteiger partial charge in [-0.1, -0.05) is 18.2 Å². The number of amides is 1. The second kappa shape index (κ2) is 8.72. The van der Waals surface area contributed by atoms with Crippen LogP contribution in [0.15, 0.2) is 40.6 Å². The highest BCUT2D eigenvalue weighted by Crippen LogP contribution is 2.17. The van der Waals surface area contributed by atoms with Gasteiger partial charge in [0, 0.05) is 11.8 Å². The molecule has 1 heterocycles. The quantitative estimate of drug-likeness (QED) is 0.704. The largest absolute Gasteiger partial charge is 0.461 e. The first kappa shape index (κ1) is 19.1. The molecule has 9 heteroatoms. The number of nitrogens with one attached hydrogen (secondary N) is 1. The van der Waals surface area contributed by atoms with Crippen molar-refractivity contribution in [2.45, 2.75) is 24.7 Å². The van der Waals surface area contributed by atoms with E-state index in [0.717, 1.165) is 11.3 Å². The van der Waals surface area contributed by atoms with Crippen molar-refractivity contribution in [3.05, 3.63) is 41.4 Å². The van der Waals surface area contributed by atoms with E-state index in [1.54, 1.807) is 25.1 Å². The molecule has 0 aliphatic rings. The first-order valence-corrected chi connectivity index (χ1v) is 10.2. The molecule has 1 amide bonds. The van der Waals surface area contributed by atoms with Crippen LogP contribution in [0.25, 0.3) is 0 Å². The first-order chi connectivity index (χ1) is 11.9. The molecule has 2 rings (SSSR count). The zero-order chi connectivity index (χ0) is 18.3. The number of nitrogens with zero attached hydrogens (tertiary/aromatic N) is 1. The Hall–Kier alpha value is -2.26. The van der Waals surface area contributed by atoms with Gasteiger partial charge in [0.1, 0.15) is 0 Å². The Kier molecular flexibility index (Phi) is 6.65. The Balaban J connectivity index is 1.82. The maximum absolute atomic E-state index is 12.1. The van der Waals surface area contributed by atoms with Crippen LogP contribution in [0.3, 0.4) is 0 Å². The molecule has 0 bridgehead atoms. The lowest BCUT2D eigenvalue weighted by Gasteiger charge is -2.04. The van der Waals surface area contributed by atoms with Gasteiger partial charge in [-0.05, 0) is 25.5 Å². The molecule has 0 atom stereocenters. The van der Waals surface area contributed by atoms with Crippen LogP contribution in [0.1, 0.15) is 30.3 Å². The highest BCUT2D eigenvalue weighted by Gasteiger charge is 2.16. The van der Waals surface area contributed by atoms with E-state index in [4.69, 9.17) is 4.74 Å². The fraction of sp³-hybridized carbons (Fsp3) is 0.312. The molecule has 0 radical (unpaired) electrons. The van der Waals surface area contributed by atoms with Gasteiger partial charge in [0.25, 0.3) is 0 Å². The summed E-state index contributed by atoms with van der Waals surface area (Å²) in [7, 11) is -3.40. The molecule has 1 aromatic carbocycles. The van der Waals surface area contributed by atoms with Gasteiger partial charge in [-0.25, -0.2) is 18.2 Å². The van der Waals surface area contributed by atoms with Gasteiger partial charge in [0.15, 0.2) is 20.7 Å². The number of anilines is 1. The molecule has 0 aliphatic carbocycles. The Bertz CT molecular complexity index is 831. The van der Waals surface area contributed by atoms with Crippen LogP contribution in [-0.2, 0) is 19.4 Å². The van der Waals surface area contributed by atoms with Crippen molar-refractivity contribution in [1.29, 1.82) is 0 Å². The summed E-state index contributed by atoms with van der Waals surface area (Å²) in [4.78, 5) is 27.6. The normalized spacial score (nSPS) is 11.1. The SMILES string of the molecule is CCOC(=O)c1csc(NC(=O)CCCS(=O)(=O)c2ccccc2)n1. The predicted octanol–water partition coefficient (Wildman–Crippen LogP) is 2.51. The molecule has 1 aromatic heterocycles. The second-order valence-corrected chi connectivity index (χ2v) is 8.01. The fourth-order valence-corrected chi connectivity index (χ4v) is 4.01. The lowest BCUT2D eigenvalue weighted by molar-refractivity contribution is -0.116. The maximum atomic E-state index is 12.1. The third kappa shape index (κ3) is 5.64. The monoisotopic (exact) mass is 382 g/mol. The van der Waals surface area contributed by atoms with Gasteiger partial charge in [-0.2, -0.15) is 0 Å². The molecule has 0 unspecified atom stereocenters. The summed E-state index contributed by atoms with van der Waals surface area (Å²) in [5.74, 6) is -1.02. The number of hydrogen-bond donors (Lipinski definition) is 1. The topological polar surface area (TPSA) is 102 Å². The molecule has 7 nitrogen and oxygen atoms in total. The minimum atomic E-state index is -3.40. The van der Waals surface area contributed by atoms with Crippen molar-refractivity contribution in [3.63, 3.8) is 0 Å². The lowest BCUT2D eigenvalue weighted by atomic mass is 10.3. The standard InChI is InChI=1S/C16H18N2O5S2/c1-2-23-15(20)13-11-24-16(17-13)18-14(19)9-6-10-25(21,22)12-7-4-3-5-8-12/h3-5,7-8,11H,2,6,9-10H2,1H3,(H,17,18,19). The third-order valence-electron chi connectivity index (χ3n) is 3.15. The summed E-state index contributed by atoms with van der Waals surface area (Å²) >= 11 is 1.11. The van der Waals surface area contributed by atoms with Gasteiger partial charge in [-0.15, -0.1) is 11.3 Å². The zero-order valence-electron chi connectivity index (χ0n) is 13.6. The zero-order valence-corrected chi connectivity index (χ0v) is 15.2. The Morgan fingerprint density at radius 1 is 1.24 bits per heavy atom. The summed E-state index contributed by atoms with van der Waals surface area (Å²) < 4.78 is 29.1. The van der Waals surface area contributed by atoms with E-state index in [9.17, 15) is 18.0 Å². The molecule has 25 heavy (non-hydrogen) atoms. The number of carbonyl (C=O) groups excluding carboxylic acids is 2. The number of ether oxygens (including phenoxy) is 1. The van der Waals surface area contributed by atoms with E-state index in [1.807, 2.05) is 0 Å². The predicted molar refractivity (Wildman–Crippen MR) is 94.4 cm³/mol. The molecule has 2 aromatic rings. The minimum Gasteiger partial charge on any atom is -0.461 e. The van der Waals surface area contributed by atoms with Crippen LogP contribution >= 0.6 is 11.3 Å². The van der Waals surface area contributed by atoms with Gasteiger partial charge >= 0.3 is 5.97 Å². The van der Waals surface area contributed by atoms with Crippen molar-refractivity contribution < 1.29 is 22.7 Å². The number of carbonyl (C=O) groups is 2. The Labute approximate surface area is 150 Å². The summed E-state index contributed by atoms with van der Waals surface area (Å²) in [5.41, 5.74) is 0.133. The summed E-state index contributed by atoms with van der Waals surface area (Å²) in [6.45, 7) is 1.93. The highest BCUT2D eigenvalue weighted by atomic mass is 32.2. The van der Waals surface area contributed by atoms with Crippen LogP contribution in [0.2, 0.25) is 0 Å². The third-order valence-corrected chi connectivity index (χ3v) is 5.73. The number of sulfone groups is 1. The maximum Gasteiger partial charge on any atom is 0.357 e. The van der Waals surface area contributed by atoms with Crippen LogP contribution in [0, 0.1) is 0 Å². The van der Waals surface area contributed by atoms with Crippen LogP contribution in [0.5, 0.6) is 0 Å². The van der Waals surface area contributed by atoms with Crippen molar-refractivity contribution in [1.82, 2.24) is 4.98 Å². The molecule has 0 aliphatic heterocycles. The van der Waals surface area contributed by atoms with E-state index in [0.29, 0.717) is 0 Å². The second-order valence-electron chi connectivity index (χ2n) is 5.04. The van der Waals surface area contributed by atoms with E-state index >= 15 is 0 Å². The number of aromatic nitrogens is 1. The molecule has 0 saturated carbocycles. The average molecular weight is 382 g/mol. The molecule has 0 fully saturated rings. The average Bonchev–Trinajstić information content (AvgIpc) is 3.04. The summed E-state index contributed by atoms with van der Waals surface area (Å²) in [5, 5.41) is 4.32. The lowest BCUT2D eigenvalue weighted by Crippen LogP contribution is -2.14. The first-order valence-electron chi connectivity index (χ1n) is 7.62. The van der Waals surface area contributed by atoms with Gasteiger partial charge in [-0.3, -0.25) is 4.79 Å². The smallest absolute Gasteiger partial charge is 0.357 e. The van der Waals surface area contributed by atoms with E-state index in [1.165, 1.54) is 17.5 Å². The molecular weight excluding hydrogens is 364 g/mol. The van der Waals surface area contributed by atoms with Crippen molar-refractivity contribution in [3.8, 4) is 0 Å². The van der Waals surface area contributed by atoms with E-state index in [-0.39, 0.29) is 46.8 Å². The van der Waals surface area contributed by atoms with E-state index in [2.05, 4.69) is 10.3 Å². The molecular formula is C16H18N2O5S2. The molecule has 134 valence electrons. The molecule has 0 saturated heterocycles. The van der Waals surface area contributed by atoms with Crippen molar-refractivity contribution in [2.24, 2.45) is 0 Å². The van der Waals surface area contributed by atoms with Crippen LogP contribution in [0.4, 0.5) is 5.13 Å². The Morgan fingerprint density at radius 3 is 2.64 bits per heavy atom. The fourth-order valence-electron chi connectivity index (χ4n) is 1.98. The van der Waals surface area contributed by atoms with Crippen molar-refractivity contribution in [2.75, 3.05) is 17.7 Å². The number of esters is 1. The minimum absolute atomic E-state index is 0.0420. The van der Waals surface area contributed by atoms with Crippen LogP contribution < -0.4 is 5.32 Å². The number of benzene rings is 1. The van der Waals surface area contributed by atoms with Gasteiger partial charge in [0.2, 0.25) is 5.91 Å². The van der Waals surface area contributed by atoms with Crippen molar-refractivity contribution >= 4 is 38.2 Å². The number of thiazole rings is 1. The van der Waals surface area contributed by atoms with Crippen LogP contribution in [-0.4, -0.2) is 37.6 Å². The molecule has 0 spiro atoms. The number of rotatable bonds is 8. The van der Waals surface area contributed by atoms with E-state index < -0.39 is 15.8 Å². The number of hydrogen-bond acceptors (Lipinski definition) is 7. The molecule has 1 N–H and O–H groups in total. The Morgan fingerprint density at radius 2 is 1.96 bits per heavy atom.